The molecule has 1 aromatic heterocycles. The molecule has 0 saturated carbocycles. The average molecular weight is 379 g/mol. The fourth-order valence-electron chi connectivity index (χ4n) is 2.20. The Kier molecular flexibility index (Phi) is 4.13. The molecule has 1 aliphatic rings. The lowest BCUT2D eigenvalue weighted by Crippen LogP contribution is -2.54. The van der Waals surface area contributed by atoms with Crippen LogP contribution in [-0.2, 0) is 4.74 Å². The first-order chi connectivity index (χ1) is 9.97. The molecule has 0 unspecified atom stereocenters. The van der Waals surface area contributed by atoms with Crippen molar-refractivity contribution < 1.29 is 24.8 Å². The second kappa shape index (κ2) is 5.75. The highest BCUT2D eigenvalue weighted by molar-refractivity contribution is 9.10. The van der Waals surface area contributed by atoms with Crippen molar-refractivity contribution in [3.8, 4) is 5.75 Å². The molecule has 2 aromatic rings. The Labute approximate surface area is 133 Å². The van der Waals surface area contributed by atoms with Gasteiger partial charge in [-0.05, 0) is 28.1 Å². The van der Waals surface area contributed by atoms with E-state index in [9.17, 15) is 15.3 Å². The van der Waals surface area contributed by atoms with E-state index < -0.39 is 24.6 Å². The average Bonchev–Trinajstić information content (AvgIpc) is 2.82. The van der Waals surface area contributed by atoms with Crippen molar-refractivity contribution in [2.45, 2.75) is 24.6 Å². The first-order valence-corrected chi connectivity index (χ1v) is 7.43. The van der Waals surface area contributed by atoms with Gasteiger partial charge in [-0.25, -0.2) is 0 Å². The highest BCUT2D eigenvalue weighted by atomic mass is 79.9. The second-order valence-corrected chi connectivity index (χ2v) is 6.09. The minimum absolute atomic E-state index is 0.110. The van der Waals surface area contributed by atoms with Gasteiger partial charge in [-0.15, -0.1) is 0 Å². The van der Waals surface area contributed by atoms with E-state index >= 15 is 0 Å². The minimum atomic E-state index is -1.34. The second-order valence-electron chi connectivity index (χ2n) is 4.83. The van der Waals surface area contributed by atoms with E-state index in [0.29, 0.717) is 15.2 Å². The van der Waals surface area contributed by atoms with E-state index in [1.54, 1.807) is 18.3 Å². The predicted molar refractivity (Wildman–Crippen MR) is 79.4 cm³/mol. The molecule has 1 fully saturated rings. The van der Waals surface area contributed by atoms with Crippen LogP contribution in [0.3, 0.4) is 0 Å². The quantitative estimate of drug-likeness (QED) is 0.634. The van der Waals surface area contributed by atoms with Crippen molar-refractivity contribution >= 4 is 38.4 Å². The summed E-state index contributed by atoms with van der Waals surface area (Å²) in [6, 6.07) is 3.52. The predicted octanol–water partition coefficient (Wildman–Crippen LogP) is 1.40. The van der Waals surface area contributed by atoms with E-state index in [4.69, 9.17) is 21.1 Å². The Morgan fingerprint density at radius 3 is 2.81 bits per heavy atom. The molecule has 4 atom stereocenters. The maximum atomic E-state index is 9.88. The van der Waals surface area contributed by atoms with Crippen molar-refractivity contribution in [2.24, 2.45) is 0 Å². The van der Waals surface area contributed by atoms with Crippen molar-refractivity contribution in [1.29, 1.82) is 0 Å². The number of halogens is 2. The van der Waals surface area contributed by atoms with Gasteiger partial charge < -0.3 is 29.8 Å². The molecule has 1 aliphatic heterocycles. The zero-order chi connectivity index (χ0) is 15.1. The van der Waals surface area contributed by atoms with Gasteiger partial charge in [0.25, 0.3) is 0 Å². The van der Waals surface area contributed by atoms with Crippen LogP contribution in [0.15, 0.2) is 22.8 Å². The van der Waals surface area contributed by atoms with Crippen LogP contribution >= 0.6 is 27.5 Å². The summed E-state index contributed by atoms with van der Waals surface area (Å²) >= 11 is 9.35. The molecule has 0 aliphatic carbocycles. The van der Waals surface area contributed by atoms with Crippen LogP contribution in [0, 0.1) is 0 Å². The number of aromatic amines is 1. The smallest absolute Gasteiger partial charge is 0.228 e. The van der Waals surface area contributed by atoms with E-state index in [1.165, 1.54) is 0 Å². The summed E-state index contributed by atoms with van der Waals surface area (Å²) in [5, 5.41) is 30.2. The molecule has 3 rings (SSSR count). The number of aliphatic hydroxyl groups is 3. The molecule has 4 N–H and O–H groups in total. The number of fused-ring (bicyclic) bond motifs is 1. The molecular weight excluding hydrogens is 366 g/mol. The third-order valence-electron chi connectivity index (χ3n) is 3.38. The van der Waals surface area contributed by atoms with Gasteiger partial charge in [0.2, 0.25) is 6.29 Å². The summed E-state index contributed by atoms with van der Waals surface area (Å²) in [6.45, 7) is -0.110. The van der Waals surface area contributed by atoms with Crippen molar-refractivity contribution in [3.05, 3.63) is 27.8 Å². The Hall–Kier alpha value is -0.830. The molecule has 2 heterocycles. The summed E-state index contributed by atoms with van der Waals surface area (Å²) < 4.78 is 11.5. The molecule has 6 nitrogen and oxygen atoms in total. The number of hydrogen-bond acceptors (Lipinski definition) is 5. The van der Waals surface area contributed by atoms with Gasteiger partial charge in [-0.3, -0.25) is 0 Å². The minimum Gasteiger partial charge on any atom is -0.460 e. The number of aliphatic hydroxyl groups excluding tert-OH is 3. The third-order valence-corrected chi connectivity index (χ3v) is 4.58. The largest absolute Gasteiger partial charge is 0.460 e. The molecule has 0 radical (unpaired) electrons. The fourth-order valence-corrected chi connectivity index (χ4v) is 2.70. The van der Waals surface area contributed by atoms with Crippen molar-refractivity contribution in [3.63, 3.8) is 0 Å². The molecule has 0 bridgehead atoms. The summed E-state index contributed by atoms with van der Waals surface area (Å²) in [5.74, 6) is 0.454. The van der Waals surface area contributed by atoms with Crippen LogP contribution in [0.2, 0.25) is 5.02 Å². The van der Waals surface area contributed by atoms with Crippen LogP contribution < -0.4 is 4.74 Å². The molecule has 1 saturated heterocycles. The summed E-state index contributed by atoms with van der Waals surface area (Å²) in [6.07, 6.45) is -3.22. The van der Waals surface area contributed by atoms with Gasteiger partial charge in [-0.2, -0.15) is 0 Å². The lowest BCUT2D eigenvalue weighted by atomic mass is 10.1. The van der Waals surface area contributed by atoms with Crippen LogP contribution in [0.5, 0.6) is 5.75 Å². The Bertz CT molecular complexity index is 663. The summed E-state index contributed by atoms with van der Waals surface area (Å²) in [7, 11) is 0. The SMILES string of the molecule is O[C@@H]1[C@@H](O)[C@H](Oc2c[nH]c3cc(Cl)c(Br)cc23)OC[C@@H]1O. The van der Waals surface area contributed by atoms with Gasteiger partial charge in [0.15, 0.2) is 0 Å². The number of benzene rings is 1. The van der Waals surface area contributed by atoms with Crippen LogP contribution in [0.4, 0.5) is 0 Å². The van der Waals surface area contributed by atoms with Gasteiger partial charge in [0, 0.05) is 16.1 Å². The summed E-state index contributed by atoms with van der Waals surface area (Å²) in [4.78, 5) is 3.00. The van der Waals surface area contributed by atoms with E-state index in [-0.39, 0.29) is 6.61 Å². The lowest BCUT2D eigenvalue weighted by Gasteiger charge is -2.34. The van der Waals surface area contributed by atoms with Gasteiger partial charge >= 0.3 is 0 Å². The number of rotatable bonds is 2. The van der Waals surface area contributed by atoms with Crippen LogP contribution in [0.1, 0.15) is 0 Å². The number of aromatic nitrogens is 1. The Balaban J connectivity index is 1.87. The van der Waals surface area contributed by atoms with Crippen LogP contribution in [-0.4, -0.2) is 51.5 Å². The molecular formula is C13H13BrClNO5. The molecule has 8 heteroatoms. The molecule has 1 aromatic carbocycles. The number of hydrogen-bond donors (Lipinski definition) is 4. The van der Waals surface area contributed by atoms with E-state index in [1.807, 2.05) is 0 Å². The first kappa shape index (κ1) is 15.1. The highest BCUT2D eigenvalue weighted by Crippen LogP contribution is 2.34. The van der Waals surface area contributed by atoms with E-state index in [2.05, 4.69) is 20.9 Å². The topological polar surface area (TPSA) is 94.9 Å². The third kappa shape index (κ3) is 2.77. The Morgan fingerprint density at radius 1 is 1.29 bits per heavy atom. The van der Waals surface area contributed by atoms with Crippen molar-refractivity contribution in [1.82, 2.24) is 4.98 Å². The number of ether oxygens (including phenoxy) is 2. The fraction of sp³-hybridized carbons (Fsp3) is 0.385. The first-order valence-electron chi connectivity index (χ1n) is 6.26. The van der Waals surface area contributed by atoms with Crippen molar-refractivity contribution in [2.75, 3.05) is 6.61 Å². The van der Waals surface area contributed by atoms with Gasteiger partial charge in [0.1, 0.15) is 24.1 Å². The van der Waals surface area contributed by atoms with Gasteiger partial charge in [0.05, 0.1) is 17.1 Å². The summed E-state index contributed by atoms with van der Waals surface area (Å²) in [5.41, 5.74) is 0.768. The molecule has 21 heavy (non-hydrogen) atoms. The number of nitrogens with one attached hydrogen (secondary N) is 1. The number of H-pyrrole nitrogens is 1. The zero-order valence-electron chi connectivity index (χ0n) is 10.7. The zero-order valence-corrected chi connectivity index (χ0v) is 13.0. The lowest BCUT2D eigenvalue weighted by molar-refractivity contribution is -0.241. The van der Waals surface area contributed by atoms with Crippen LogP contribution in [0.25, 0.3) is 10.9 Å². The Morgan fingerprint density at radius 2 is 2.05 bits per heavy atom. The van der Waals surface area contributed by atoms with Gasteiger partial charge in [-0.1, -0.05) is 11.6 Å². The maximum Gasteiger partial charge on any atom is 0.228 e. The normalized spacial score (nSPS) is 29.8. The molecule has 114 valence electrons. The van der Waals surface area contributed by atoms with E-state index in [0.717, 1.165) is 10.9 Å². The molecule has 0 amide bonds. The highest BCUT2D eigenvalue weighted by Gasteiger charge is 2.39. The molecule has 0 spiro atoms. The maximum absolute atomic E-state index is 9.88. The monoisotopic (exact) mass is 377 g/mol. The standard InChI is InChI=1S/C13H13BrClNO5/c14-6-1-5-8(2-7(6)15)16-3-10(5)21-13-12(19)11(18)9(17)4-20-13/h1-3,9,11-13,16-19H,4H2/t9-,11-,12+,13-/m0/s1.